The zero-order valence-corrected chi connectivity index (χ0v) is 25.1. The van der Waals surface area contributed by atoms with Gasteiger partial charge < -0.3 is 4.74 Å². The second-order valence-electron chi connectivity index (χ2n) is 12.6. The van der Waals surface area contributed by atoms with Crippen LogP contribution in [-0.2, 0) is 6.42 Å². The number of unbranched alkanes of at least 4 members (excludes halogenated alkanes) is 3. The summed E-state index contributed by atoms with van der Waals surface area (Å²) in [5, 5.41) is 0. The predicted molar refractivity (Wildman–Crippen MR) is 165 cm³/mol. The third-order valence-electron chi connectivity index (χ3n) is 9.67. The van der Waals surface area contributed by atoms with Crippen LogP contribution < -0.4 is 4.74 Å². The minimum Gasteiger partial charge on any atom is -0.490 e. The quantitative estimate of drug-likeness (QED) is 0.168. The first-order valence-corrected chi connectivity index (χ1v) is 16.5. The van der Waals surface area contributed by atoms with E-state index in [0.717, 1.165) is 49.4 Å². The van der Waals surface area contributed by atoms with Crippen molar-refractivity contribution in [2.75, 3.05) is 6.61 Å². The molecule has 2 aromatic rings. The van der Waals surface area contributed by atoms with Crippen molar-refractivity contribution in [2.45, 2.75) is 117 Å². The minimum atomic E-state index is -0.901. The number of hydrogen-bond acceptors (Lipinski definition) is 1. The maximum atomic E-state index is 14.7. The Morgan fingerprint density at radius 3 is 2.10 bits per heavy atom. The monoisotopic (exact) mass is 550 g/mol. The molecule has 3 heteroatoms. The van der Waals surface area contributed by atoms with E-state index in [-0.39, 0.29) is 11.3 Å². The van der Waals surface area contributed by atoms with Gasteiger partial charge in [0, 0.05) is 5.56 Å². The van der Waals surface area contributed by atoms with Crippen LogP contribution in [-0.4, -0.2) is 6.61 Å². The van der Waals surface area contributed by atoms with Crippen LogP contribution >= 0.6 is 0 Å². The van der Waals surface area contributed by atoms with Crippen LogP contribution in [0.1, 0.15) is 116 Å². The fourth-order valence-electron chi connectivity index (χ4n) is 7.02. The van der Waals surface area contributed by atoms with E-state index < -0.39 is 11.6 Å². The zero-order valence-electron chi connectivity index (χ0n) is 25.1. The first kappa shape index (κ1) is 30.8. The van der Waals surface area contributed by atoms with Crippen molar-refractivity contribution in [1.82, 2.24) is 0 Å². The van der Waals surface area contributed by atoms with E-state index in [9.17, 15) is 8.78 Å². The number of aryl methyl sites for hydroxylation is 1. The van der Waals surface area contributed by atoms with Gasteiger partial charge in [0.1, 0.15) is 0 Å². The topological polar surface area (TPSA) is 9.23 Å². The Morgan fingerprint density at radius 2 is 1.43 bits per heavy atom. The van der Waals surface area contributed by atoms with Crippen molar-refractivity contribution >= 4 is 0 Å². The van der Waals surface area contributed by atoms with Gasteiger partial charge in [-0.2, -0.15) is 4.39 Å². The Bertz CT molecular complexity index is 1030. The van der Waals surface area contributed by atoms with Crippen LogP contribution in [0, 0.1) is 35.3 Å². The second kappa shape index (κ2) is 16.3. The Balaban J connectivity index is 1.16. The molecule has 1 nitrogen and oxygen atoms in total. The molecule has 0 heterocycles. The summed E-state index contributed by atoms with van der Waals surface area (Å²) in [5.41, 5.74) is 2.20. The third-order valence-corrected chi connectivity index (χ3v) is 9.67. The van der Waals surface area contributed by atoms with Crippen molar-refractivity contribution in [3.8, 4) is 16.9 Å². The number of rotatable bonds is 14. The van der Waals surface area contributed by atoms with Gasteiger partial charge in [-0.3, -0.25) is 0 Å². The average molecular weight is 551 g/mol. The van der Waals surface area contributed by atoms with Gasteiger partial charge in [0.05, 0.1) is 6.61 Å². The molecule has 2 fully saturated rings. The fourth-order valence-corrected chi connectivity index (χ4v) is 7.02. The van der Waals surface area contributed by atoms with Gasteiger partial charge in [-0.1, -0.05) is 95.2 Å². The van der Waals surface area contributed by atoms with Gasteiger partial charge in [-0.05, 0) is 105 Å². The number of hydrogen-bond donors (Lipinski definition) is 0. The van der Waals surface area contributed by atoms with Crippen molar-refractivity contribution in [1.29, 1.82) is 0 Å². The van der Waals surface area contributed by atoms with Gasteiger partial charge in [0.15, 0.2) is 11.6 Å². The molecule has 2 aliphatic carbocycles. The van der Waals surface area contributed by atoms with Crippen molar-refractivity contribution in [2.24, 2.45) is 23.7 Å². The van der Waals surface area contributed by atoms with Crippen LogP contribution in [0.3, 0.4) is 0 Å². The second-order valence-corrected chi connectivity index (χ2v) is 12.6. The molecule has 40 heavy (non-hydrogen) atoms. The third kappa shape index (κ3) is 8.92. The summed E-state index contributed by atoms with van der Waals surface area (Å²) >= 11 is 0. The summed E-state index contributed by atoms with van der Waals surface area (Å²) in [6.45, 7) is 4.74. The van der Waals surface area contributed by atoms with Crippen LogP contribution in [0.2, 0.25) is 0 Å². The van der Waals surface area contributed by atoms with Gasteiger partial charge in [0.2, 0.25) is 5.82 Å². The Labute approximate surface area is 242 Å². The molecule has 2 saturated carbocycles. The molecule has 0 unspecified atom stereocenters. The molecule has 0 N–H and O–H groups in total. The lowest BCUT2D eigenvalue weighted by atomic mass is 9.68. The Hall–Kier alpha value is -2.16. The molecule has 0 saturated heterocycles. The van der Waals surface area contributed by atoms with E-state index in [4.69, 9.17) is 4.74 Å². The lowest BCUT2D eigenvalue weighted by molar-refractivity contribution is 0.151. The minimum absolute atomic E-state index is 0.00751. The highest BCUT2D eigenvalue weighted by molar-refractivity contribution is 5.65. The van der Waals surface area contributed by atoms with Crippen LogP contribution in [0.15, 0.2) is 48.6 Å². The molecule has 4 rings (SSSR count). The largest absolute Gasteiger partial charge is 0.490 e. The van der Waals surface area contributed by atoms with Gasteiger partial charge in [0.25, 0.3) is 0 Å². The maximum absolute atomic E-state index is 14.7. The van der Waals surface area contributed by atoms with E-state index >= 15 is 0 Å². The summed E-state index contributed by atoms with van der Waals surface area (Å²) < 4.78 is 34.6. The number of allylic oxidation sites excluding steroid dienone is 2. The summed E-state index contributed by atoms with van der Waals surface area (Å²) in [5.74, 6) is 1.99. The van der Waals surface area contributed by atoms with Gasteiger partial charge >= 0.3 is 0 Å². The van der Waals surface area contributed by atoms with E-state index in [1.54, 1.807) is 6.07 Å². The van der Waals surface area contributed by atoms with E-state index in [1.807, 2.05) is 31.2 Å². The highest BCUT2D eigenvalue weighted by Gasteiger charge is 2.30. The standard InChI is InChI=1S/C37H52F2O/c1-3-5-7-10-28-13-19-31(20-14-28)32-21-15-29(16-22-32)11-8-9-12-30-17-23-33(24-18-30)34-25-26-35(37(39)36(34)38)40-27-6-4-2/h8,11,17-18,23-26,28-29,31-32H,3-7,9-10,12-16,19-22,27H2,1-2H3/b11-8+. The molecule has 0 radical (unpaired) electrons. The highest BCUT2D eigenvalue weighted by Crippen LogP contribution is 2.42. The van der Waals surface area contributed by atoms with E-state index in [0.29, 0.717) is 12.2 Å². The lowest BCUT2D eigenvalue weighted by Gasteiger charge is -2.37. The van der Waals surface area contributed by atoms with Crippen LogP contribution in [0.4, 0.5) is 8.78 Å². The van der Waals surface area contributed by atoms with E-state index in [1.165, 1.54) is 88.7 Å². The van der Waals surface area contributed by atoms with Crippen molar-refractivity contribution in [3.05, 3.63) is 65.7 Å². The van der Waals surface area contributed by atoms with Crippen molar-refractivity contribution < 1.29 is 13.5 Å². The van der Waals surface area contributed by atoms with E-state index in [2.05, 4.69) is 19.1 Å². The molecular formula is C37H52F2O. The Kier molecular flexibility index (Phi) is 12.6. The first-order valence-electron chi connectivity index (χ1n) is 16.5. The number of ether oxygens (including phenoxy) is 1. The first-order chi connectivity index (χ1) is 19.6. The Morgan fingerprint density at radius 1 is 0.750 bits per heavy atom. The predicted octanol–water partition coefficient (Wildman–Crippen LogP) is 11.5. The molecule has 0 spiro atoms. The molecule has 220 valence electrons. The highest BCUT2D eigenvalue weighted by atomic mass is 19.2. The summed E-state index contributed by atoms with van der Waals surface area (Å²) in [4.78, 5) is 0. The smallest absolute Gasteiger partial charge is 0.201 e. The molecule has 0 atom stereocenters. The normalized spacial score (nSPS) is 23.5. The summed E-state index contributed by atoms with van der Waals surface area (Å²) in [7, 11) is 0. The fraction of sp³-hybridized carbons (Fsp3) is 0.622. The zero-order chi connectivity index (χ0) is 28.2. The molecule has 0 bridgehead atoms. The molecule has 0 aliphatic heterocycles. The van der Waals surface area contributed by atoms with Crippen molar-refractivity contribution in [3.63, 3.8) is 0 Å². The molecular weight excluding hydrogens is 498 g/mol. The van der Waals surface area contributed by atoms with Crippen LogP contribution in [0.25, 0.3) is 11.1 Å². The van der Waals surface area contributed by atoms with Gasteiger partial charge in [-0.15, -0.1) is 0 Å². The lowest BCUT2D eigenvalue weighted by Crippen LogP contribution is -2.25. The maximum Gasteiger partial charge on any atom is 0.201 e. The molecule has 2 aliphatic rings. The number of benzene rings is 2. The molecule has 0 amide bonds. The van der Waals surface area contributed by atoms with Gasteiger partial charge in [-0.25, -0.2) is 4.39 Å². The van der Waals surface area contributed by atoms with Crippen LogP contribution in [0.5, 0.6) is 5.75 Å². The average Bonchev–Trinajstić information content (AvgIpc) is 2.99. The SMILES string of the molecule is CCCCCC1CCC(C2CCC(/C=C/CCc3ccc(-c4ccc(OCCCC)c(F)c4F)cc3)CC2)CC1. The molecule has 2 aromatic carbocycles. The number of halogens is 2. The molecule has 0 aromatic heterocycles. The summed E-state index contributed by atoms with van der Waals surface area (Å²) in [6, 6.07) is 11.0. The summed E-state index contributed by atoms with van der Waals surface area (Å²) in [6.07, 6.45) is 25.8.